The molecule has 2 heterocycles. The van der Waals surface area contributed by atoms with E-state index in [0.29, 0.717) is 25.5 Å². The molecule has 0 aliphatic carbocycles. The number of nitrogens with one attached hydrogen (secondary N) is 2. The van der Waals surface area contributed by atoms with E-state index in [1.165, 1.54) is 6.07 Å². The van der Waals surface area contributed by atoms with Gasteiger partial charge in [-0.25, -0.2) is 9.37 Å². The fraction of sp³-hybridized carbons (Fsp3) is 0.429. The Hall–Kier alpha value is -2.10. The molecule has 0 saturated carbocycles. The van der Waals surface area contributed by atoms with Crippen LogP contribution in [-0.4, -0.2) is 43.7 Å². The third kappa shape index (κ3) is 6.19. The molecule has 3 rings (SSSR count). The standard InChI is InChI=1S/C21H28FN5O.HI/c1-4-28-19-8-7-16(12-15(19)2)13-25-21(23-3)26-17-9-11-27(14-17)20-18(22)6-5-10-24-20;/h5-8,10,12,17H,4,9,11,13-14H2,1-3H3,(H2,23,25,26);1H. The van der Waals surface area contributed by atoms with Crippen molar-refractivity contribution in [1.29, 1.82) is 0 Å². The largest absolute Gasteiger partial charge is 0.494 e. The second-order valence-electron chi connectivity index (χ2n) is 6.84. The van der Waals surface area contributed by atoms with Crippen molar-refractivity contribution in [2.24, 2.45) is 4.99 Å². The van der Waals surface area contributed by atoms with Gasteiger partial charge in [-0.1, -0.05) is 12.1 Å². The monoisotopic (exact) mass is 513 g/mol. The van der Waals surface area contributed by atoms with Gasteiger partial charge in [0.25, 0.3) is 0 Å². The van der Waals surface area contributed by atoms with Gasteiger partial charge in [-0.05, 0) is 49.6 Å². The van der Waals surface area contributed by atoms with Crippen LogP contribution in [-0.2, 0) is 6.54 Å². The summed E-state index contributed by atoms with van der Waals surface area (Å²) in [6, 6.07) is 9.42. The van der Waals surface area contributed by atoms with E-state index in [4.69, 9.17) is 4.74 Å². The van der Waals surface area contributed by atoms with E-state index in [9.17, 15) is 4.39 Å². The zero-order chi connectivity index (χ0) is 19.9. The maximum absolute atomic E-state index is 13.9. The molecule has 1 aromatic heterocycles. The molecule has 2 N–H and O–H groups in total. The van der Waals surface area contributed by atoms with Crippen molar-refractivity contribution >= 4 is 35.8 Å². The van der Waals surface area contributed by atoms with Gasteiger partial charge in [0.15, 0.2) is 17.6 Å². The molecule has 6 nitrogen and oxygen atoms in total. The summed E-state index contributed by atoms with van der Waals surface area (Å²) in [4.78, 5) is 10.4. The first kappa shape index (κ1) is 23.2. The van der Waals surface area contributed by atoms with Crippen LogP contribution in [0.3, 0.4) is 0 Å². The van der Waals surface area contributed by atoms with Crippen molar-refractivity contribution in [2.45, 2.75) is 32.9 Å². The van der Waals surface area contributed by atoms with Gasteiger partial charge in [0, 0.05) is 38.9 Å². The van der Waals surface area contributed by atoms with Crippen LogP contribution in [0, 0.1) is 12.7 Å². The average molecular weight is 513 g/mol. The van der Waals surface area contributed by atoms with Crippen molar-refractivity contribution < 1.29 is 9.13 Å². The Morgan fingerprint density at radius 1 is 1.38 bits per heavy atom. The minimum Gasteiger partial charge on any atom is -0.494 e. The molecule has 29 heavy (non-hydrogen) atoms. The second-order valence-corrected chi connectivity index (χ2v) is 6.84. The van der Waals surface area contributed by atoms with Crippen molar-refractivity contribution in [3.8, 4) is 5.75 Å². The summed E-state index contributed by atoms with van der Waals surface area (Å²) in [5, 5.41) is 6.77. The summed E-state index contributed by atoms with van der Waals surface area (Å²) in [6.07, 6.45) is 2.53. The van der Waals surface area contributed by atoms with Gasteiger partial charge in [0.1, 0.15) is 5.75 Å². The van der Waals surface area contributed by atoms with Gasteiger partial charge >= 0.3 is 0 Å². The third-order valence-corrected chi connectivity index (χ3v) is 4.79. The number of nitrogens with zero attached hydrogens (tertiary/aromatic N) is 3. The van der Waals surface area contributed by atoms with Gasteiger partial charge < -0.3 is 20.3 Å². The van der Waals surface area contributed by atoms with E-state index < -0.39 is 0 Å². The first-order chi connectivity index (χ1) is 13.6. The van der Waals surface area contributed by atoms with Gasteiger partial charge in [-0.2, -0.15) is 0 Å². The van der Waals surface area contributed by atoms with E-state index >= 15 is 0 Å². The molecule has 158 valence electrons. The molecule has 1 aromatic carbocycles. The normalized spacial score (nSPS) is 16.3. The quantitative estimate of drug-likeness (QED) is 0.352. The molecule has 1 aliphatic heterocycles. The molecule has 0 bridgehead atoms. The Kier molecular flexibility index (Phi) is 8.94. The van der Waals surface area contributed by atoms with E-state index in [1.807, 2.05) is 24.8 Å². The van der Waals surface area contributed by atoms with Gasteiger partial charge in [0.2, 0.25) is 0 Å². The lowest BCUT2D eigenvalue weighted by atomic mass is 10.1. The molecular formula is C21H29FIN5O. The number of pyridine rings is 1. The molecule has 2 aromatic rings. The van der Waals surface area contributed by atoms with Crippen molar-refractivity contribution in [3.63, 3.8) is 0 Å². The lowest BCUT2D eigenvalue weighted by Gasteiger charge is -2.20. The van der Waals surface area contributed by atoms with Crippen molar-refractivity contribution in [2.75, 3.05) is 31.6 Å². The molecule has 1 fully saturated rings. The van der Waals surface area contributed by atoms with Gasteiger partial charge in [0.05, 0.1) is 6.61 Å². The highest BCUT2D eigenvalue weighted by Crippen LogP contribution is 2.21. The topological polar surface area (TPSA) is 61.8 Å². The maximum Gasteiger partial charge on any atom is 0.191 e. The fourth-order valence-corrected chi connectivity index (χ4v) is 3.39. The molecule has 1 saturated heterocycles. The molecule has 0 spiro atoms. The maximum atomic E-state index is 13.9. The Balaban J connectivity index is 0.00000300. The highest BCUT2D eigenvalue weighted by molar-refractivity contribution is 14.0. The summed E-state index contributed by atoms with van der Waals surface area (Å²) in [6.45, 7) is 6.81. The number of hydrogen-bond donors (Lipinski definition) is 2. The van der Waals surface area contributed by atoms with Crippen LogP contribution in [0.1, 0.15) is 24.5 Å². The second kappa shape index (κ2) is 11.2. The number of hydrogen-bond acceptors (Lipinski definition) is 4. The SMILES string of the molecule is CCOc1ccc(CNC(=NC)NC2CCN(c3ncccc3F)C2)cc1C.I. The molecule has 1 unspecified atom stereocenters. The highest BCUT2D eigenvalue weighted by atomic mass is 127. The van der Waals surface area contributed by atoms with Crippen molar-refractivity contribution in [3.05, 3.63) is 53.5 Å². The Morgan fingerprint density at radius 3 is 2.90 bits per heavy atom. The predicted molar refractivity (Wildman–Crippen MR) is 126 cm³/mol. The Morgan fingerprint density at radius 2 is 2.21 bits per heavy atom. The van der Waals surface area contributed by atoms with Gasteiger partial charge in [-0.3, -0.25) is 4.99 Å². The minimum atomic E-state index is -0.281. The number of halogens is 2. The minimum absolute atomic E-state index is 0. The van der Waals surface area contributed by atoms with Crippen LogP contribution in [0.25, 0.3) is 0 Å². The Bertz CT molecular complexity index is 832. The number of ether oxygens (including phenoxy) is 1. The molecular weight excluding hydrogens is 484 g/mol. The zero-order valence-corrected chi connectivity index (χ0v) is 19.4. The molecule has 1 aliphatic rings. The van der Waals surface area contributed by atoms with Crippen LogP contribution in [0.4, 0.5) is 10.2 Å². The summed E-state index contributed by atoms with van der Waals surface area (Å²) >= 11 is 0. The molecule has 0 amide bonds. The van der Waals surface area contributed by atoms with Crippen LogP contribution >= 0.6 is 24.0 Å². The summed E-state index contributed by atoms with van der Waals surface area (Å²) in [5.41, 5.74) is 2.28. The average Bonchev–Trinajstić information content (AvgIpc) is 3.16. The van der Waals surface area contributed by atoms with Gasteiger partial charge in [-0.15, -0.1) is 24.0 Å². The van der Waals surface area contributed by atoms with E-state index in [1.54, 1.807) is 19.3 Å². The summed E-state index contributed by atoms with van der Waals surface area (Å²) in [7, 11) is 1.75. The predicted octanol–water partition coefficient (Wildman–Crippen LogP) is 3.49. The van der Waals surface area contributed by atoms with Crippen LogP contribution in [0.5, 0.6) is 5.75 Å². The van der Waals surface area contributed by atoms with Crippen LogP contribution in [0.15, 0.2) is 41.5 Å². The van der Waals surface area contributed by atoms with Crippen LogP contribution in [0.2, 0.25) is 0 Å². The summed E-state index contributed by atoms with van der Waals surface area (Å²) < 4.78 is 19.5. The number of aromatic nitrogens is 1. The molecule has 0 radical (unpaired) electrons. The first-order valence-corrected chi connectivity index (χ1v) is 9.65. The highest BCUT2D eigenvalue weighted by Gasteiger charge is 2.25. The zero-order valence-electron chi connectivity index (χ0n) is 17.1. The number of aliphatic imine (C=N–C) groups is 1. The summed E-state index contributed by atoms with van der Waals surface area (Å²) in [5.74, 6) is 1.79. The van der Waals surface area contributed by atoms with Crippen molar-refractivity contribution in [1.82, 2.24) is 15.6 Å². The number of anilines is 1. The lowest BCUT2D eigenvalue weighted by Crippen LogP contribution is -2.44. The first-order valence-electron chi connectivity index (χ1n) is 9.65. The fourth-order valence-electron chi connectivity index (χ4n) is 3.39. The van der Waals surface area contributed by atoms with E-state index in [-0.39, 0.29) is 35.8 Å². The molecule has 8 heteroatoms. The molecule has 1 atom stereocenters. The number of benzene rings is 1. The van der Waals surface area contributed by atoms with E-state index in [0.717, 1.165) is 35.8 Å². The smallest absolute Gasteiger partial charge is 0.191 e. The number of rotatable bonds is 6. The lowest BCUT2D eigenvalue weighted by molar-refractivity contribution is 0.338. The van der Waals surface area contributed by atoms with E-state index in [2.05, 4.69) is 32.7 Å². The van der Waals surface area contributed by atoms with Crippen LogP contribution < -0.4 is 20.3 Å². The number of aryl methyl sites for hydroxylation is 1. The Labute approximate surface area is 189 Å². The third-order valence-electron chi connectivity index (χ3n) is 4.79. The number of guanidine groups is 1.